The third-order valence-corrected chi connectivity index (χ3v) is 3.66. The summed E-state index contributed by atoms with van der Waals surface area (Å²) in [5.41, 5.74) is 2.75. The van der Waals surface area contributed by atoms with Gasteiger partial charge in [-0.25, -0.2) is 0 Å². The van der Waals surface area contributed by atoms with Gasteiger partial charge in [-0.3, -0.25) is 9.59 Å². The van der Waals surface area contributed by atoms with Gasteiger partial charge in [0.05, 0.1) is 11.3 Å². The molecule has 3 rings (SSSR count). The van der Waals surface area contributed by atoms with Crippen molar-refractivity contribution in [1.82, 2.24) is 15.5 Å². The lowest BCUT2D eigenvalue weighted by atomic mass is 10.1. The van der Waals surface area contributed by atoms with Gasteiger partial charge in [0.15, 0.2) is 0 Å². The fraction of sp³-hybridized carbons (Fsp3) is 0.235. The largest absolute Gasteiger partial charge is 0.361 e. The molecule has 2 heterocycles. The number of hydrogen-bond acceptors (Lipinski definition) is 4. The Morgan fingerprint density at radius 2 is 2.04 bits per heavy atom. The second-order valence-electron chi connectivity index (χ2n) is 5.44. The highest BCUT2D eigenvalue weighted by Crippen LogP contribution is 2.22. The number of Topliss-reactive ketones (excluding diaryl/α,β-unsaturated/α-hetero) is 1. The minimum atomic E-state index is -0.617. The first-order valence-corrected chi connectivity index (χ1v) is 7.38. The number of amides is 1. The average Bonchev–Trinajstić information content (AvgIpc) is 3.08. The van der Waals surface area contributed by atoms with Gasteiger partial charge < -0.3 is 14.8 Å². The molecular formula is C17H17N3O3. The van der Waals surface area contributed by atoms with Crippen LogP contribution in [0.3, 0.4) is 0 Å². The number of ketones is 1. The van der Waals surface area contributed by atoms with Crippen LogP contribution < -0.4 is 5.32 Å². The van der Waals surface area contributed by atoms with Crippen LogP contribution in [0.25, 0.3) is 10.9 Å². The van der Waals surface area contributed by atoms with E-state index in [1.807, 2.05) is 31.2 Å². The van der Waals surface area contributed by atoms with Crippen LogP contribution in [0, 0.1) is 13.8 Å². The number of nitrogens with one attached hydrogen (secondary N) is 2. The van der Waals surface area contributed by atoms with Crippen molar-refractivity contribution in [2.24, 2.45) is 0 Å². The fourth-order valence-electron chi connectivity index (χ4n) is 2.60. The number of fused-ring (bicyclic) bond motifs is 1. The van der Waals surface area contributed by atoms with Crippen molar-refractivity contribution in [3.05, 3.63) is 53.0 Å². The summed E-state index contributed by atoms with van der Waals surface area (Å²) < 4.78 is 5.06. The van der Waals surface area contributed by atoms with Crippen molar-refractivity contribution in [2.75, 3.05) is 6.54 Å². The number of carbonyl (C=O) groups excluding carboxylic acids is 2. The molecule has 0 radical (unpaired) electrons. The summed E-state index contributed by atoms with van der Waals surface area (Å²) in [4.78, 5) is 27.7. The second kappa shape index (κ2) is 6.08. The van der Waals surface area contributed by atoms with Crippen LogP contribution >= 0.6 is 0 Å². The minimum Gasteiger partial charge on any atom is -0.361 e. The Labute approximate surface area is 132 Å². The van der Waals surface area contributed by atoms with E-state index in [-0.39, 0.29) is 0 Å². The molecule has 118 valence electrons. The number of aromatic nitrogens is 2. The van der Waals surface area contributed by atoms with Gasteiger partial charge in [-0.15, -0.1) is 0 Å². The predicted molar refractivity (Wildman–Crippen MR) is 85.3 cm³/mol. The first-order valence-electron chi connectivity index (χ1n) is 7.38. The Morgan fingerprint density at radius 3 is 2.78 bits per heavy atom. The summed E-state index contributed by atoms with van der Waals surface area (Å²) in [6.45, 7) is 3.94. The lowest BCUT2D eigenvalue weighted by Gasteiger charge is -2.03. The van der Waals surface area contributed by atoms with E-state index in [4.69, 9.17) is 4.52 Å². The Balaban J connectivity index is 1.69. The van der Waals surface area contributed by atoms with Crippen LogP contribution in [0.4, 0.5) is 0 Å². The van der Waals surface area contributed by atoms with Gasteiger partial charge in [-0.05, 0) is 19.9 Å². The highest BCUT2D eigenvalue weighted by Gasteiger charge is 2.22. The average molecular weight is 311 g/mol. The Kier molecular flexibility index (Phi) is 3.97. The molecule has 0 aliphatic heterocycles. The molecule has 2 aromatic heterocycles. The van der Waals surface area contributed by atoms with Crippen molar-refractivity contribution in [3.63, 3.8) is 0 Å². The maximum absolute atomic E-state index is 12.4. The van der Waals surface area contributed by atoms with E-state index < -0.39 is 11.7 Å². The number of hydrogen-bond donors (Lipinski definition) is 2. The van der Waals surface area contributed by atoms with Gasteiger partial charge in [-0.1, -0.05) is 23.4 Å². The van der Waals surface area contributed by atoms with Crippen LogP contribution in [0.2, 0.25) is 0 Å². The van der Waals surface area contributed by atoms with Crippen molar-refractivity contribution in [2.45, 2.75) is 20.3 Å². The molecule has 0 saturated carbocycles. The molecule has 1 amide bonds. The SMILES string of the molecule is Cc1cc(CCNC(=O)C(=O)c2c(C)[nH]c3ccccc23)on1. The first-order chi connectivity index (χ1) is 11.1. The van der Waals surface area contributed by atoms with Gasteiger partial charge in [0.1, 0.15) is 5.76 Å². The van der Waals surface area contributed by atoms with E-state index in [0.29, 0.717) is 30.0 Å². The van der Waals surface area contributed by atoms with E-state index in [9.17, 15) is 9.59 Å². The summed E-state index contributed by atoms with van der Waals surface area (Å²) in [5, 5.41) is 7.17. The molecule has 2 N–H and O–H groups in total. The lowest BCUT2D eigenvalue weighted by molar-refractivity contribution is -0.116. The molecule has 0 spiro atoms. The zero-order valence-electron chi connectivity index (χ0n) is 13.0. The minimum absolute atomic E-state index is 0.320. The second-order valence-corrected chi connectivity index (χ2v) is 5.44. The van der Waals surface area contributed by atoms with Crippen molar-refractivity contribution >= 4 is 22.6 Å². The Bertz CT molecular complexity index is 876. The predicted octanol–water partition coefficient (Wildman–Crippen LogP) is 2.31. The van der Waals surface area contributed by atoms with Crippen molar-refractivity contribution in [1.29, 1.82) is 0 Å². The van der Waals surface area contributed by atoms with Gasteiger partial charge in [-0.2, -0.15) is 0 Å². The zero-order chi connectivity index (χ0) is 16.4. The number of carbonyl (C=O) groups is 2. The quantitative estimate of drug-likeness (QED) is 0.559. The molecule has 0 unspecified atom stereocenters. The van der Waals surface area contributed by atoms with E-state index >= 15 is 0 Å². The molecule has 6 nitrogen and oxygen atoms in total. The lowest BCUT2D eigenvalue weighted by Crippen LogP contribution is -2.32. The number of benzene rings is 1. The molecule has 3 aromatic rings. The van der Waals surface area contributed by atoms with Crippen LogP contribution in [-0.2, 0) is 11.2 Å². The molecule has 0 aliphatic rings. The topological polar surface area (TPSA) is 88.0 Å². The monoisotopic (exact) mass is 311 g/mol. The number of nitrogens with zero attached hydrogens (tertiary/aromatic N) is 1. The first kappa shape index (κ1) is 15.0. The molecule has 0 saturated heterocycles. The van der Waals surface area contributed by atoms with Crippen LogP contribution in [0.15, 0.2) is 34.9 Å². The summed E-state index contributed by atoms with van der Waals surface area (Å²) in [5.74, 6) is -0.471. The van der Waals surface area contributed by atoms with Crippen molar-refractivity contribution in [3.8, 4) is 0 Å². The smallest absolute Gasteiger partial charge is 0.292 e. The van der Waals surface area contributed by atoms with Crippen LogP contribution in [0.1, 0.15) is 27.5 Å². The standard InChI is InChI=1S/C17H17N3O3/c1-10-9-12(23-20-10)7-8-18-17(22)16(21)15-11(2)19-14-6-4-3-5-13(14)15/h3-6,9,19H,7-8H2,1-2H3,(H,18,22). The maximum Gasteiger partial charge on any atom is 0.292 e. The Hall–Kier alpha value is -2.89. The molecule has 1 aromatic carbocycles. The van der Waals surface area contributed by atoms with E-state index in [1.54, 1.807) is 13.0 Å². The van der Waals surface area contributed by atoms with Crippen LogP contribution in [0.5, 0.6) is 0 Å². The van der Waals surface area contributed by atoms with E-state index in [2.05, 4.69) is 15.5 Å². The molecule has 0 atom stereocenters. The normalized spacial score (nSPS) is 10.9. The van der Waals surface area contributed by atoms with Gasteiger partial charge in [0.2, 0.25) is 0 Å². The number of aromatic amines is 1. The molecular weight excluding hydrogens is 294 g/mol. The fourth-order valence-corrected chi connectivity index (χ4v) is 2.60. The molecule has 0 bridgehead atoms. The van der Waals surface area contributed by atoms with Gasteiger partial charge in [0, 0.05) is 35.6 Å². The van der Waals surface area contributed by atoms with Crippen molar-refractivity contribution < 1.29 is 14.1 Å². The highest BCUT2D eigenvalue weighted by molar-refractivity contribution is 6.45. The summed E-state index contributed by atoms with van der Waals surface area (Å²) in [6.07, 6.45) is 0.493. The number of aryl methyl sites for hydroxylation is 2. The van der Waals surface area contributed by atoms with Gasteiger partial charge >= 0.3 is 0 Å². The summed E-state index contributed by atoms with van der Waals surface area (Å²) in [6, 6.07) is 9.24. The molecule has 0 aliphatic carbocycles. The van der Waals surface area contributed by atoms with Crippen LogP contribution in [-0.4, -0.2) is 28.4 Å². The molecule has 0 fully saturated rings. The van der Waals surface area contributed by atoms with E-state index in [1.165, 1.54) is 0 Å². The zero-order valence-corrected chi connectivity index (χ0v) is 13.0. The number of para-hydroxylation sites is 1. The third kappa shape index (κ3) is 3.01. The summed E-state index contributed by atoms with van der Waals surface area (Å²) in [7, 11) is 0. The summed E-state index contributed by atoms with van der Waals surface area (Å²) >= 11 is 0. The third-order valence-electron chi connectivity index (χ3n) is 3.66. The maximum atomic E-state index is 12.4. The number of rotatable bonds is 5. The molecule has 23 heavy (non-hydrogen) atoms. The highest BCUT2D eigenvalue weighted by atomic mass is 16.5. The van der Waals surface area contributed by atoms with Gasteiger partial charge in [0.25, 0.3) is 11.7 Å². The van der Waals surface area contributed by atoms with E-state index in [0.717, 1.165) is 16.6 Å². The Morgan fingerprint density at radius 1 is 1.26 bits per heavy atom. The number of H-pyrrole nitrogens is 1. The molecule has 6 heteroatoms.